The van der Waals surface area contributed by atoms with E-state index in [2.05, 4.69) is 11.4 Å². The third-order valence-electron chi connectivity index (χ3n) is 5.15. The van der Waals surface area contributed by atoms with E-state index in [0.717, 1.165) is 53.4 Å². The van der Waals surface area contributed by atoms with Gasteiger partial charge in [0, 0.05) is 17.0 Å². The quantitative estimate of drug-likeness (QED) is 0.876. The first-order valence-electron chi connectivity index (χ1n) is 8.89. The van der Waals surface area contributed by atoms with Crippen LogP contribution in [0.2, 0.25) is 0 Å². The molecule has 2 N–H and O–H groups in total. The summed E-state index contributed by atoms with van der Waals surface area (Å²) in [6.07, 6.45) is 3.92. The monoisotopic (exact) mass is 338 g/mol. The van der Waals surface area contributed by atoms with Gasteiger partial charge in [0.25, 0.3) is 5.91 Å². The lowest BCUT2D eigenvalue weighted by molar-refractivity contribution is -0.139. The number of nitrogens with one attached hydrogen (secondary N) is 1. The second-order valence-corrected chi connectivity index (χ2v) is 7.47. The van der Waals surface area contributed by atoms with Crippen molar-refractivity contribution >= 4 is 22.8 Å². The van der Waals surface area contributed by atoms with Crippen LogP contribution in [-0.4, -0.2) is 28.0 Å². The third kappa shape index (κ3) is 3.11. The van der Waals surface area contributed by atoms with Crippen LogP contribution in [0.25, 0.3) is 10.9 Å². The molecule has 2 fully saturated rings. The Morgan fingerprint density at radius 1 is 1.16 bits per heavy atom. The molecule has 0 saturated heterocycles. The molecular weight excluding hydrogens is 316 g/mol. The van der Waals surface area contributed by atoms with E-state index < -0.39 is 12.0 Å². The van der Waals surface area contributed by atoms with E-state index in [0.29, 0.717) is 11.5 Å². The lowest BCUT2D eigenvalue weighted by atomic mass is 10.00. The van der Waals surface area contributed by atoms with Gasteiger partial charge in [-0.1, -0.05) is 11.6 Å². The minimum absolute atomic E-state index is 0.0564. The number of aryl methyl sites for hydroxylation is 2. The number of pyridine rings is 1. The molecular formula is C20H22N2O3. The zero-order valence-electron chi connectivity index (χ0n) is 14.5. The number of benzene rings is 1. The molecule has 1 amide bonds. The molecule has 25 heavy (non-hydrogen) atoms. The Bertz CT molecular complexity index is 882. The van der Waals surface area contributed by atoms with Crippen LogP contribution in [0.3, 0.4) is 0 Å². The summed E-state index contributed by atoms with van der Waals surface area (Å²) in [5.41, 5.74) is 4.45. The fourth-order valence-corrected chi connectivity index (χ4v) is 3.51. The molecule has 5 nitrogen and oxygen atoms in total. The Hall–Kier alpha value is -2.43. The molecule has 1 unspecified atom stereocenters. The van der Waals surface area contributed by atoms with Crippen molar-refractivity contribution in [3.8, 4) is 0 Å². The maximum atomic E-state index is 12.9. The summed E-state index contributed by atoms with van der Waals surface area (Å²) in [6.45, 7) is 4.00. The normalized spacial score (nSPS) is 18.2. The Labute approximate surface area is 146 Å². The second kappa shape index (κ2) is 5.83. The van der Waals surface area contributed by atoms with E-state index in [1.54, 1.807) is 0 Å². The number of carboxylic acid groups (broad SMARTS) is 1. The zero-order valence-corrected chi connectivity index (χ0v) is 14.5. The van der Waals surface area contributed by atoms with Crippen LogP contribution in [0.5, 0.6) is 0 Å². The molecule has 2 aliphatic carbocycles. The number of rotatable bonds is 5. The summed E-state index contributed by atoms with van der Waals surface area (Å²) in [5, 5.41) is 13.0. The van der Waals surface area contributed by atoms with Gasteiger partial charge in [-0.2, -0.15) is 0 Å². The van der Waals surface area contributed by atoms with Gasteiger partial charge < -0.3 is 10.4 Å². The summed E-state index contributed by atoms with van der Waals surface area (Å²) in [6, 6.07) is 5.09. The fourth-order valence-electron chi connectivity index (χ4n) is 3.51. The van der Waals surface area contributed by atoms with E-state index in [1.165, 1.54) is 0 Å². The predicted molar refractivity (Wildman–Crippen MR) is 94.8 cm³/mol. The van der Waals surface area contributed by atoms with Gasteiger partial charge in [0.15, 0.2) is 0 Å². The summed E-state index contributed by atoms with van der Waals surface area (Å²) in [7, 11) is 0. The first kappa shape index (κ1) is 16.1. The highest BCUT2D eigenvalue weighted by atomic mass is 16.4. The second-order valence-electron chi connectivity index (χ2n) is 7.47. The summed E-state index contributed by atoms with van der Waals surface area (Å²) in [4.78, 5) is 29.2. The van der Waals surface area contributed by atoms with E-state index >= 15 is 0 Å². The minimum atomic E-state index is -0.955. The molecule has 2 saturated carbocycles. The summed E-state index contributed by atoms with van der Waals surface area (Å²) >= 11 is 0. The highest BCUT2D eigenvalue weighted by molar-refractivity contribution is 6.08. The van der Waals surface area contributed by atoms with Gasteiger partial charge in [0.1, 0.15) is 6.04 Å². The van der Waals surface area contributed by atoms with Gasteiger partial charge in [0.05, 0.1) is 11.1 Å². The number of aliphatic carboxylic acids is 1. The third-order valence-corrected chi connectivity index (χ3v) is 5.15. The van der Waals surface area contributed by atoms with Crippen LogP contribution in [0.4, 0.5) is 0 Å². The molecule has 4 rings (SSSR count). The maximum absolute atomic E-state index is 12.9. The van der Waals surface area contributed by atoms with Crippen molar-refractivity contribution in [3.63, 3.8) is 0 Å². The minimum Gasteiger partial charge on any atom is -0.480 e. The molecule has 2 aliphatic rings. The van der Waals surface area contributed by atoms with Crippen molar-refractivity contribution in [1.82, 2.24) is 10.3 Å². The van der Waals surface area contributed by atoms with Crippen LogP contribution in [0, 0.1) is 19.8 Å². The fraction of sp³-hybridized carbons (Fsp3) is 0.450. The molecule has 1 aromatic carbocycles. The molecule has 0 aliphatic heterocycles. The van der Waals surface area contributed by atoms with Crippen molar-refractivity contribution in [3.05, 3.63) is 40.6 Å². The molecule has 0 radical (unpaired) electrons. The Morgan fingerprint density at radius 3 is 2.48 bits per heavy atom. The first-order valence-corrected chi connectivity index (χ1v) is 8.89. The van der Waals surface area contributed by atoms with Crippen molar-refractivity contribution in [2.24, 2.45) is 5.92 Å². The molecule has 5 heteroatoms. The number of amides is 1. The van der Waals surface area contributed by atoms with Gasteiger partial charge in [-0.05, 0) is 63.1 Å². The van der Waals surface area contributed by atoms with E-state index in [1.807, 2.05) is 26.0 Å². The SMILES string of the molecule is Cc1cc(C)c2nc(C3CC3)cc(C(=O)NC(C(=O)O)C3CC3)c2c1. The highest BCUT2D eigenvalue weighted by Gasteiger charge is 2.38. The van der Waals surface area contributed by atoms with Gasteiger partial charge in [0.2, 0.25) is 0 Å². The molecule has 0 bridgehead atoms. The van der Waals surface area contributed by atoms with Crippen molar-refractivity contribution in [2.75, 3.05) is 0 Å². The maximum Gasteiger partial charge on any atom is 0.326 e. The number of hydrogen-bond acceptors (Lipinski definition) is 3. The number of fused-ring (bicyclic) bond motifs is 1. The van der Waals surface area contributed by atoms with Gasteiger partial charge in [-0.15, -0.1) is 0 Å². The van der Waals surface area contributed by atoms with Crippen molar-refractivity contribution in [2.45, 2.75) is 51.5 Å². The lowest BCUT2D eigenvalue weighted by Crippen LogP contribution is -2.42. The number of carboxylic acids is 1. The van der Waals surface area contributed by atoms with Crippen LogP contribution >= 0.6 is 0 Å². The predicted octanol–water partition coefficient (Wildman–Crippen LogP) is 3.32. The number of carbonyl (C=O) groups is 2. The first-order chi connectivity index (χ1) is 11.9. The average molecular weight is 338 g/mol. The Balaban J connectivity index is 1.78. The number of nitrogens with zero attached hydrogens (tertiary/aromatic N) is 1. The van der Waals surface area contributed by atoms with Crippen molar-refractivity contribution in [1.29, 1.82) is 0 Å². The molecule has 130 valence electrons. The number of aromatic nitrogens is 1. The zero-order chi connectivity index (χ0) is 17.7. The van der Waals surface area contributed by atoms with Gasteiger partial charge in [-0.3, -0.25) is 9.78 Å². The highest BCUT2D eigenvalue weighted by Crippen LogP contribution is 2.40. The smallest absolute Gasteiger partial charge is 0.326 e. The number of hydrogen-bond donors (Lipinski definition) is 2. The number of carbonyl (C=O) groups excluding carboxylic acids is 1. The van der Waals surface area contributed by atoms with Crippen LogP contribution < -0.4 is 5.32 Å². The molecule has 1 aromatic heterocycles. The standard InChI is InChI=1S/C20H22N2O3/c1-10-7-11(2)17-14(8-10)15(9-16(21-17)12-3-4-12)19(23)22-18(20(24)25)13-5-6-13/h7-9,12-13,18H,3-6H2,1-2H3,(H,22,23)(H,24,25). The molecule has 1 atom stereocenters. The Kier molecular flexibility index (Phi) is 3.74. The van der Waals surface area contributed by atoms with E-state index in [9.17, 15) is 14.7 Å². The summed E-state index contributed by atoms with van der Waals surface area (Å²) < 4.78 is 0. The van der Waals surface area contributed by atoms with Crippen LogP contribution in [0.1, 0.15) is 58.8 Å². The topological polar surface area (TPSA) is 79.3 Å². The molecule has 0 spiro atoms. The van der Waals surface area contributed by atoms with Gasteiger partial charge >= 0.3 is 5.97 Å². The van der Waals surface area contributed by atoms with Crippen LogP contribution in [0.15, 0.2) is 18.2 Å². The van der Waals surface area contributed by atoms with E-state index in [-0.39, 0.29) is 11.8 Å². The average Bonchev–Trinajstić information content (AvgIpc) is 3.44. The Morgan fingerprint density at radius 2 is 1.88 bits per heavy atom. The van der Waals surface area contributed by atoms with E-state index in [4.69, 9.17) is 4.98 Å². The lowest BCUT2D eigenvalue weighted by Gasteiger charge is -2.16. The molecule has 2 aromatic rings. The van der Waals surface area contributed by atoms with Crippen molar-refractivity contribution < 1.29 is 14.7 Å². The largest absolute Gasteiger partial charge is 0.480 e. The summed E-state index contributed by atoms with van der Waals surface area (Å²) in [5.74, 6) is -0.779. The van der Waals surface area contributed by atoms with Crippen LogP contribution in [-0.2, 0) is 4.79 Å². The molecule has 1 heterocycles. The van der Waals surface area contributed by atoms with Gasteiger partial charge in [-0.25, -0.2) is 4.79 Å².